The Morgan fingerprint density at radius 2 is 1.62 bits per heavy atom. The molecule has 2 aromatic rings. The van der Waals surface area contributed by atoms with Gasteiger partial charge in [-0.2, -0.15) is 11.8 Å². The van der Waals surface area contributed by atoms with Crippen LogP contribution < -0.4 is 0 Å². The third-order valence-corrected chi connectivity index (χ3v) is 4.59. The summed E-state index contributed by atoms with van der Waals surface area (Å²) in [5.74, 6) is -0.197. The Morgan fingerprint density at radius 3 is 2.24 bits per heavy atom. The van der Waals surface area contributed by atoms with Gasteiger partial charge in [0.1, 0.15) is 6.61 Å². The van der Waals surface area contributed by atoms with Crippen LogP contribution in [0.3, 0.4) is 0 Å². The molecule has 1 aliphatic rings. The lowest BCUT2D eigenvalue weighted by atomic mass is 9.96. The largest absolute Gasteiger partial charge is 0.457 e. The first-order chi connectivity index (χ1) is 10.3. The number of hydrogen-bond acceptors (Lipinski definition) is 3. The van der Waals surface area contributed by atoms with Crippen LogP contribution in [0.2, 0.25) is 0 Å². The lowest BCUT2D eigenvalue weighted by molar-refractivity contribution is -0.136. The highest BCUT2D eigenvalue weighted by Gasteiger charge is 2.32. The highest BCUT2D eigenvalue weighted by molar-refractivity contribution is 7.99. The fourth-order valence-electron chi connectivity index (χ4n) is 2.61. The Kier molecular flexibility index (Phi) is 4.11. The number of rotatable bonds is 4. The van der Waals surface area contributed by atoms with E-state index in [9.17, 15) is 4.79 Å². The van der Waals surface area contributed by atoms with Crippen LogP contribution in [0.5, 0.6) is 0 Å². The van der Waals surface area contributed by atoms with Gasteiger partial charge in [0.15, 0.2) is 0 Å². The normalized spacial score (nSPS) is 16.0. The molecular formula is C18H16O2S. The molecule has 0 saturated heterocycles. The van der Waals surface area contributed by atoms with E-state index >= 15 is 0 Å². The summed E-state index contributed by atoms with van der Waals surface area (Å²) in [5, 5.41) is 0.0106. The van der Waals surface area contributed by atoms with E-state index in [0.29, 0.717) is 6.61 Å². The van der Waals surface area contributed by atoms with Crippen molar-refractivity contribution in [2.45, 2.75) is 5.25 Å². The maximum atomic E-state index is 12.2. The molecule has 106 valence electrons. The van der Waals surface area contributed by atoms with E-state index in [1.165, 1.54) is 0 Å². The predicted octanol–water partition coefficient (Wildman–Crippen LogP) is 4.10. The number of benzene rings is 2. The van der Waals surface area contributed by atoms with Gasteiger partial charge in [-0.05, 0) is 17.4 Å². The summed E-state index contributed by atoms with van der Waals surface area (Å²) in [4.78, 5) is 12.2. The Bertz CT molecular complexity index is 662. The molecular weight excluding hydrogens is 280 g/mol. The van der Waals surface area contributed by atoms with Crippen molar-refractivity contribution in [1.29, 1.82) is 0 Å². The molecule has 1 aliphatic heterocycles. The molecule has 0 spiro atoms. The van der Waals surface area contributed by atoms with Crippen molar-refractivity contribution in [2.75, 3.05) is 12.9 Å². The van der Waals surface area contributed by atoms with Gasteiger partial charge in [0.05, 0.1) is 10.8 Å². The average Bonchev–Trinajstić information content (AvgIpc) is 2.92. The second-order valence-corrected chi connectivity index (χ2v) is 5.80. The minimum Gasteiger partial charge on any atom is -0.457 e. The molecule has 3 rings (SSSR count). The molecule has 1 heterocycles. The summed E-state index contributed by atoms with van der Waals surface area (Å²) >= 11 is 1.66. The molecule has 0 amide bonds. The monoisotopic (exact) mass is 296 g/mol. The van der Waals surface area contributed by atoms with E-state index in [1.807, 2.05) is 54.8 Å². The van der Waals surface area contributed by atoms with Crippen LogP contribution >= 0.6 is 11.8 Å². The Hall–Kier alpha value is -2.00. The molecule has 0 bridgehead atoms. The van der Waals surface area contributed by atoms with Crippen LogP contribution in [0.4, 0.5) is 0 Å². The van der Waals surface area contributed by atoms with Gasteiger partial charge < -0.3 is 4.74 Å². The summed E-state index contributed by atoms with van der Waals surface area (Å²) in [5.41, 5.74) is 3.98. The number of thioether (sulfide) groups is 1. The van der Waals surface area contributed by atoms with E-state index in [1.54, 1.807) is 11.8 Å². The lowest BCUT2D eigenvalue weighted by Gasteiger charge is -2.16. The summed E-state index contributed by atoms with van der Waals surface area (Å²) in [6, 6.07) is 20.1. The van der Waals surface area contributed by atoms with Crippen LogP contribution in [-0.4, -0.2) is 18.8 Å². The zero-order valence-corrected chi connectivity index (χ0v) is 12.6. The van der Waals surface area contributed by atoms with Crippen LogP contribution in [0, 0.1) is 0 Å². The van der Waals surface area contributed by atoms with Crippen molar-refractivity contribution in [2.24, 2.45) is 0 Å². The van der Waals surface area contributed by atoms with Crippen LogP contribution in [0.1, 0.15) is 16.4 Å². The lowest BCUT2D eigenvalue weighted by Crippen LogP contribution is -2.07. The van der Waals surface area contributed by atoms with Crippen LogP contribution in [-0.2, 0) is 9.53 Å². The molecule has 0 radical (unpaired) electrons. The third-order valence-electron chi connectivity index (χ3n) is 3.62. The molecule has 0 aliphatic carbocycles. The second-order valence-electron chi connectivity index (χ2n) is 4.86. The molecule has 1 atom stereocenters. The van der Waals surface area contributed by atoms with Gasteiger partial charge in [-0.15, -0.1) is 0 Å². The first-order valence-electron chi connectivity index (χ1n) is 6.84. The van der Waals surface area contributed by atoms with Gasteiger partial charge in [0, 0.05) is 5.57 Å². The van der Waals surface area contributed by atoms with Crippen molar-refractivity contribution in [3.63, 3.8) is 0 Å². The van der Waals surface area contributed by atoms with Gasteiger partial charge in [-0.25, -0.2) is 4.79 Å². The summed E-state index contributed by atoms with van der Waals surface area (Å²) in [6.45, 7) is 0.363. The number of carbonyl (C=O) groups is 1. The summed E-state index contributed by atoms with van der Waals surface area (Å²) in [6.07, 6.45) is 2.03. The Morgan fingerprint density at radius 1 is 1.00 bits per heavy atom. The second kappa shape index (κ2) is 6.19. The van der Waals surface area contributed by atoms with Crippen LogP contribution in [0.15, 0.2) is 66.2 Å². The third kappa shape index (κ3) is 2.74. The maximum absolute atomic E-state index is 12.2. The van der Waals surface area contributed by atoms with Gasteiger partial charge in [-0.3, -0.25) is 0 Å². The molecule has 0 N–H and O–H groups in total. The van der Waals surface area contributed by atoms with Gasteiger partial charge >= 0.3 is 5.97 Å². The Labute approximate surface area is 128 Å². The fraction of sp³-hybridized carbons (Fsp3) is 0.167. The minimum atomic E-state index is -0.197. The number of hydrogen-bond donors (Lipinski definition) is 0. The quantitative estimate of drug-likeness (QED) is 0.795. The number of ether oxygens (including phenoxy) is 1. The van der Waals surface area contributed by atoms with E-state index in [2.05, 4.69) is 12.1 Å². The fourth-order valence-corrected chi connectivity index (χ4v) is 3.51. The van der Waals surface area contributed by atoms with E-state index in [-0.39, 0.29) is 11.2 Å². The van der Waals surface area contributed by atoms with Gasteiger partial charge in [-0.1, -0.05) is 60.7 Å². The average molecular weight is 296 g/mol. The predicted molar refractivity (Wildman–Crippen MR) is 87.0 cm³/mol. The molecule has 0 saturated carbocycles. The van der Waals surface area contributed by atoms with Crippen molar-refractivity contribution in [3.8, 4) is 0 Å². The standard InChI is InChI=1S/C18H16O2S/c1-21-17(14-10-6-3-7-11-14)16-15(12-20-18(16)19)13-8-4-2-5-9-13/h2-11,17H,12H2,1H3/t17-/m1/s1. The van der Waals surface area contributed by atoms with Crippen molar-refractivity contribution < 1.29 is 9.53 Å². The Balaban J connectivity index is 2.09. The molecule has 3 heteroatoms. The van der Waals surface area contributed by atoms with E-state index in [0.717, 1.165) is 22.3 Å². The van der Waals surface area contributed by atoms with Crippen molar-refractivity contribution >= 4 is 23.3 Å². The van der Waals surface area contributed by atoms with E-state index < -0.39 is 0 Å². The molecule has 2 nitrogen and oxygen atoms in total. The molecule has 2 aromatic carbocycles. The number of carbonyl (C=O) groups excluding carboxylic acids is 1. The summed E-state index contributed by atoms with van der Waals surface area (Å²) in [7, 11) is 0. The molecule has 0 fully saturated rings. The summed E-state index contributed by atoms with van der Waals surface area (Å²) < 4.78 is 5.31. The zero-order valence-electron chi connectivity index (χ0n) is 11.8. The highest BCUT2D eigenvalue weighted by Crippen LogP contribution is 2.41. The topological polar surface area (TPSA) is 26.3 Å². The molecule has 21 heavy (non-hydrogen) atoms. The van der Waals surface area contributed by atoms with Gasteiger partial charge in [0.25, 0.3) is 0 Å². The minimum absolute atomic E-state index is 0.0106. The van der Waals surface area contributed by atoms with E-state index in [4.69, 9.17) is 4.74 Å². The highest BCUT2D eigenvalue weighted by atomic mass is 32.2. The first-order valence-corrected chi connectivity index (χ1v) is 8.13. The number of esters is 1. The smallest absolute Gasteiger partial charge is 0.336 e. The first kappa shape index (κ1) is 14.0. The molecule has 0 unspecified atom stereocenters. The van der Waals surface area contributed by atoms with Gasteiger partial charge in [0.2, 0.25) is 0 Å². The SMILES string of the molecule is CS[C@@H](C1=C(c2ccccc2)COC1=O)c1ccccc1. The van der Waals surface area contributed by atoms with Crippen molar-refractivity contribution in [1.82, 2.24) is 0 Å². The zero-order chi connectivity index (χ0) is 14.7. The maximum Gasteiger partial charge on any atom is 0.336 e. The van der Waals surface area contributed by atoms with Crippen LogP contribution in [0.25, 0.3) is 5.57 Å². The molecule has 0 aromatic heterocycles. The van der Waals surface area contributed by atoms with Crippen molar-refractivity contribution in [3.05, 3.63) is 77.4 Å². The number of cyclic esters (lactones) is 1.